The van der Waals surface area contributed by atoms with Gasteiger partial charge in [0.2, 0.25) is 5.95 Å². The van der Waals surface area contributed by atoms with E-state index >= 15 is 0 Å². The first-order valence-corrected chi connectivity index (χ1v) is 5.69. The molecule has 0 aliphatic carbocycles. The molecule has 5 nitrogen and oxygen atoms in total. The van der Waals surface area contributed by atoms with Crippen molar-refractivity contribution in [2.24, 2.45) is 0 Å². The Hall–Kier alpha value is -1.20. The summed E-state index contributed by atoms with van der Waals surface area (Å²) in [7, 11) is 0. The maximum atomic E-state index is 8.89. The van der Waals surface area contributed by atoms with Crippen molar-refractivity contribution in [3.63, 3.8) is 0 Å². The number of aromatic nitrogens is 2. The maximum absolute atomic E-state index is 8.89. The van der Waals surface area contributed by atoms with E-state index in [0.29, 0.717) is 12.5 Å². The number of hydrogen-bond acceptors (Lipinski definition) is 5. The van der Waals surface area contributed by atoms with Crippen LogP contribution in [0.25, 0.3) is 0 Å². The van der Waals surface area contributed by atoms with Crippen LogP contribution in [0.1, 0.15) is 19.4 Å². The third-order valence-corrected chi connectivity index (χ3v) is 2.31. The van der Waals surface area contributed by atoms with Gasteiger partial charge in [-0.15, -0.1) is 0 Å². The lowest BCUT2D eigenvalue weighted by Gasteiger charge is -2.19. The first-order valence-electron chi connectivity index (χ1n) is 5.69. The molecular formula is C11H20N4O. The summed E-state index contributed by atoms with van der Waals surface area (Å²) in [4.78, 5) is 10.5. The fraction of sp³-hybridized carbons (Fsp3) is 0.636. The summed E-state index contributed by atoms with van der Waals surface area (Å²) in [5.74, 6) is 0.678. The number of likely N-dealkylation sites (N-methyl/N-ethyl adjacent to an activating group) is 1. The van der Waals surface area contributed by atoms with E-state index in [9.17, 15) is 0 Å². The van der Waals surface area contributed by atoms with Crippen LogP contribution in [0.2, 0.25) is 0 Å². The molecule has 1 aromatic rings. The lowest BCUT2D eigenvalue weighted by atomic mass is 10.3. The van der Waals surface area contributed by atoms with Gasteiger partial charge in [0.05, 0.1) is 6.61 Å². The van der Waals surface area contributed by atoms with Gasteiger partial charge in [-0.05, 0) is 13.5 Å². The third kappa shape index (κ3) is 3.75. The quantitative estimate of drug-likeness (QED) is 0.702. The van der Waals surface area contributed by atoms with Crippen molar-refractivity contribution in [2.75, 3.05) is 31.1 Å². The van der Waals surface area contributed by atoms with Crippen molar-refractivity contribution in [1.29, 1.82) is 0 Å². The largest absolute Gasteiger partial charge is 0.395 e. The number of nitrogens with one attached hydrogen (secondary N) is 1. The number of aliphatic hydroxyl groups excluding tert-OH is 1. The molecule has 0 radical (unpaired) electrons. The standard InChI is InChI=1S/C11H20N4O/c1-3-12-7-10-8-13-11(14-9-10)15(4-2)5-6-16/h8-9,12,16H,3-7H2,1-2H3. The summed E-state index contributed by atoms with van der Waals surface area (Å²) in [5.41, 5.74) is 1.07. The monoisotopic (exact) mass is 224 g/mol. The molecule has 1 aromatic heterocycles. The minimum Gasteiger partial charge on any atom is -0.395 e. The van der Waals surface area contributed by atoms with Crippen molar-refractivity contribution < 1.29 is 5.11 Å². The molecule has 0 unspecified atom stereocenters. The normalized spacial score (nSPS) is 10.4. The van der Waals surface area contributed by atoms with Gasteiger partial charge in [-0.3, -0.25) is 0 Å². The molecule has 90 valence electrons. The highest BCUT2D eigenvalue weighted by Gasteiger charge is 2.05. The van der Waals surface area contributed by atoms with Crippen molar-refractivity contribution in [3.8, 4) is 0 Å². The molecule has 5 heteroatoms. The number of anilines is 1. The third-order valence-electron chi connectivity index (χ3n) is 2.31. The van der Waals surface area contributed by atoms with Gasteiger partial charge in [0.15, 0.2) is 0 Å². The van der Waals surface area contributed by atoms with E-state index in [2.05, 4.69) is 22.2 Å². The summed E-state index contributed by atoms with van der Waals surface area (Å²) in [5, 5.41) is 12.1. The molecule has 0 saturated heterocycles. The Balaban J connectivity index is 2.61. The van der Waals surface area contributed by atoms with E-state index in [-0.39, 0.29) is 6.61 Å². The van der Waals surface area contributed by atoms with Crippen LogP contribution >= 0.6 is 0 Å². The predicted molar refractivity (Wildman–Crippen MR) is 64.4 cm³/mol. The van der Waals surface area contributed by atoms with Crippen LogP contribution in [0.4, 0.5) is 5.95 Å². The van der Waals surface area contributed by atoms with Crippen LogP contribution in [0.5, 0.6) is 0 Å². The number of nitrogens with zero attached hydrogens (tertiary/aromatic N) is 3. The van der Waals surface area contributed by atoms with Gasteiger partial charge in [-0.25, -0.2) is 9.97 Å². The van der Waals surface area contributed by atoms with Crippen molar-refractivity contribution in [2.45, 2.75) is 20.4 Å². The van der Waals surface area contributed by atoms with E-state index in [1.165, 1.54) is 0 Å². The predicted octanol–water partition coefficient (Wildman–Crippen LogP) is 0.405. The summed E-state index contributed by atoms with van der Waals surface area (Å²) in [6, 6.07) is 0. The topological polar surface area (TPSA) is 61.3 Å². The Kier molecular flexibility index (Phi) is 5.74. The summed E-state index contributed by atoms with van der Waals surface area (Å²) < 4.78 is 0. The Morgan fingerprint density at radius 2 is 2.00 bits per heavy atom. The molecular weight excluding hydrogens is 204 g/mol. The lowest BCUT2D eigenvalue weighted by Crippen LogP contribution is -2.28. The molecule has 0 bridgehead atoms. The fourth-order valence-electron chi connectivity index (χ4n) is 1.39. The molecule has 0 aliphatic heterocycles. The van der Waals surface area contributed by atoms with Gasteiger partial charge in [-0.1, -0.05) is 6.92 Å². The molecule has 1 rings (SSSR count). The van der Waals surface area contributed by atoms with E-state index in [1.807, 2.05) is 24.2 Å². The first-order chi connectivity index (χ1) is 7.81. The molecule has 16 heavy (non-hydrogen) atoms. The van der Waals surface area contributed by atoms with Gasteiger partial charge >= 0.3 is 0 Å². The zero-order chi connectivity index (χ0) is 11.8. The molecule has 0 aromatic carbocycles. The van der Waals surface area contributed by atoms with E-state index in [4.69, 9.17) is 5.11 Å². The second-order valence-corrected chi connectivity index (χ2v) is 3.47. The number of hydrogen-bond donors (Lipinski definition) is 2. The summed E-state index contributed by atoms with van der Waals surface area (Å²) in [6.45, 7) is 7.31. The SMILES string of the molecule is CCNCc1cnc(N(CC)CCO)nc1. The zero-order valence-electron chi connectivity index (χ0n) is 9.98. The van der Waals surface area contributed by atoms with Crippen LogP contribution in [-0.2, 0) is 6.54 Å². The Labute approximate surface area is 96.5 Å². The van der Waals surface area contributed by atoms with Crippen molar-refractivity contribution >= 4 is 5.95 Å². The van der Waals surface area contributed by atoms with Gasteiger partial charge in [0.1, 0.15) is 0 Å². The fourth-order valence-corrected chi connectivity index (χ4v) is 1.39. The van der Waals surface area contributed by atoms with Crippen LogP contribution < -0.4 is 10.2 Å². The van der Waals surface area contributed by atoms with E-state index in [1.54, 1.807) is 0 Å². The minimum absolute atomic E-state index is 0.121. The average molecular weight is 224 g/mol. The molecule has 1 heterocycles. The molecule has 0 saturated carbocycles. The average Bonchev–Trinajstić information content (AvgIpc) is 2.34. The smallest absolute Gasteiger partial charge is 0.225 e. The summed E-state index contributed by atoms with van der Waals surface area (Å²) >= 11 is 0. The number of aliphatic hydroxyl groups is 1. The zero-order valence-corrected chi connectivity index (χ0v) is 9.98. The first kappa shape index (κ1) is 12.9. The highest BCUT2D eigenvalue weighted by molar-refractivity contribution is 5.29. The highest BCUT2D eigenvalue weighted by Crippen LogP contribution is 2.06. The molecule has 0 amide bonds. The van der Waals surface area contributed by atoms with Gasteiger partial charge < -0.3 is 15.3 Å². The number of rotatable bonds is 7. The Morgan fingerprint density at radius 3 is 2.50 bits per heavy atom. The van der Waals surface area contributed by atoms with Crippen molar-refractivity contribution in [1.82, 2.24) is 15.3 Å². The van der Waals surface area contributed by atoms with Crippen LogP contribution in [0, 0.1) is 0 Å². The summed E-state index contributed by atoms with van der Waals surface area (Å²) in [6.07, 6.45) is 3.65. The molecule has 2 N–H and O–H groups in total. The molecule has 0 atom stereocenters. The molecule has 0 spiro atoms. The van der Waals surface area contributed by atoms with E-state index in [0.717, 1.165) is 25.2 Å². The highest BCUT2D eigenvalue weighted by atomic mass is 16.3. The van der Waals surface area contributed by atoms with E-state index < -0.39 is 0 Å². The Morgan fingerprint density at radius 1 is 1.31 bits per heavy atom. The Bertz CT molecular complexity index is 289. The second kappa shape index (κ2) is 7.14. The lowest BCUT2D eigenvalue weighted by molar-refractivity contribution is 0.301. The molecule has 0 aliphatic rings. The van der Waals surface area contributed by atoms with Gasteiger partial charge in [0.25, 0.3) is 0 Å². The maximum Gasteiger partial charge on any atom is 0.225 e. The van der Waals surface area contributed by atoms with Crippen molar-refractivity contribution in [3.05, 3.63) is 18.0 Å². The van der Waals surface area contributed by atoms with Crippen LogP contribution in [0.15, 0.2) is 12.4 Å². The minimum atomic E-state index is 0.121. The van der Waals surface area contributed by atoms with Crippen LogP contribution in [0.3, 0.4) is 0 Å². The van der Waals surface area contributed by atoms with Crippen LogP contribution in [-0.4, -0.2) is 41.3 Å². The van der Waals surface area contributed by atoms with Gasteiger partial charge in [-0.2, -0.15) is 0 Å². The second-order valence-electron chi connectivity index (χ2n) is 3.47. The van der Waals surface area contributed by atoms with Gasteiger partial charge in [0, 0.05) is 37.6 Å². The molecule has 0 fully saturated rings.